The topological polar surface area (TPSA) is 108 Å². The zero-order valence-electron chi connectivity index (χ0n) is 14.3. The number of esters is 1. The third kappa shape index (κ3) is 4.87. The number of hydrogen-bond donors (Lipinski definition) is 3. The Morgan fingerprint density at radius 3 is 2.38 bits per heavy atom. The van der Waals surface area contributed by atoms with E-state index < -0.39 is 24.0 Å². The Balaban J connectivity index is 2.81. The average molecular weight is 337 g/mol. The predicted octanol–water partition coefficient (Wildman–Crippen LogP) is 1.24. The molecule has 8 nitrogen and oxygen atoms in total. The number of imide groups is 1. The highest BCUT2D eigenvalue weighted by Crippen LogP contribution is 2.25. The molecule has 0 saturated heterocycles. The lowest BCUT2D eigenvalue weighted by Gasteiger charge is -2.21. The molecule has 0 fully saturated rings. The number of phenolic OH excluding ortho intramolecular Hbond substituents is 1. The van der Waals surface area contributed by atoms with Gasteiger partial charge in [-0.15, -0.1) is 0 Å². The van der Waals surface area contributed by atoms with E-state index in [0.717, 1.165) is 18.8 Å². The Kier molecular flexibility index (Phi) is 7.03. The molecule has 0 unspecified atom stereocenters. The fourth-order valence-electron chi connectivity index (χ4n) is 2.03. The predicted molar refractivity (Wildman–Crippen MR) is 89.1 cm³/mol. The van der Waals surface area contributed by atoms with E-state index in [0.29, 0.717) is 0 Å². The van der Waals surface area contributed by atoms with Gasteiger partial charge in [-0.25, -0.2) is 9.59 Å². The number of aromatic hydroxyl groups is 1. The number of carbonyl (C=O) groups excluding carboxylic acids is 3. The molecule has 0 heterocycles. The Bertz CT molecular complexity index is 614. The Labute approximate surface area is 140 Å². The Morgan fingerprint density at radius 2 is 1.88 bits per heavy atom. The van der Waals surface area contributed by atoms with Crippen molar-refractivity contribution in [3.8, 4) is 5.75 Å². The van der Waals surface area contributed by atoms with Crippen LogP contribution in [0.5, 0.6) is 5.75 Å². The first-order chi connectivity index (χ1) is 11.3. The molecule has 24 heavy (non-hydrogen) atoms. The fourth-order valence-corrected chi connectivity index (χ4v) is 2.03. The highest BCUT2D eigenvalue weighted by atomic mass is 16.5. The second-order valence-corrected chi connectivity index (χ2v) is 4.99. The van der Waals surface area contributed by atoms with Crippen LogP contribution in [0.25, 0.3) is 0 Å². The van der Waals surface area contributed by atoms with E-state index in [9.17, 15) is 19.5 Å². The van der Waals surface area contributed by atoms with Crippen molar-refractivity contribution < 1.29 is 24.2 Å². The van der Waals surface area contributed by atoms with Crippen LogP contribution in [0, 0.1) is 0 Å². The van der Waals surface area contributed by atoms with Crippen LogP contribution < -0.4 is 15.5 Å². The summed E-state index contributed by atoms with van der Waals surface area (Å²) >= 11 is 0. The molecule has 1 atom stereocenters. The highest BCUT2D eigenvalue weighted by molar-refractivity contribution is 5.99. The minimum Gasteiger partial charge on any atom is -0.507 e. The molecule has 3 N–H and O–H groups in total. The van der Waals surface area contributed by atoms with Gasteiger partial charge in [-0.1, -0.05) is 0 Å². The Hall–Kier alpha value is -2.77. The van der Waals surface area contributed by atoms with Crippen LogP contribution in [0.15, 0.2) is 18.2 Å². The molecule has 1 aromatic rings. The normalized spacial score (nSPS) is 11.3. The SMILES string of the molecule is CCN(CC)c1ccc(C(=O)O[C@H](C)C(=O)NC(=O)NC)c(O)c1. The summed E-state index contributed by atoms with van der Waals surface area (Å²) < 4.78 is 4.97. The maximum Gasteiger partial charge on any atom is 0.342 e. The summed E-state index contributed by atoms with van der Waals surface area (Å²) in [5.41, 5.74) is 0.727. The van der Waals surface area contributed by atoms with Gasteiger partial charge in [-0.05, 0) is 32.9 Å². The molecule has 0 spiro atoms. The molecule has 0 bridgehead atoms. The van der Waals surface area contributed by atoms with Crippen molar-refractivity contribution in [3.05, 3.63) is 23.8 Å². The van der Waals surface area contributed by atoms with Gasteiger partial charge in [0.05, 0.1) is 0 Å². The molecule has 0 aliphatic heterocycles. The second-order valence-electron chi connectivity index (χ2n) is 4.99. The summed E-state index contributed by atoms with van der Waals surface area (Å²) in [6.07, 6.45) is -1.18. The van der Waals surface area contributed by atoms with Gasteiger partial charge in [0, 0.05) is 31.9 Å². The van der Waals surface area contributed by atoms with E-state index in [4.69, 9.17) is 4.74 Å². The summed E-state index contributed by atoms with van der Waals surface area (Å²) in [7, 11) is 1.36. The van der Waals surface area contributed by atoms with Crippen molar-refractivity contribution >= 4 is 23.6 Å². The zero-order chi connectivity index (χ0) is 18.3. The highest BCUT2D eigenvalue weighted by Gasteiger charge is 2.22. The summed E-state index contributed by atoms with van der Waals surface area (Å²) in [6, 6.07) is 3.90. The van der Waals surface area contributed by atoms with Gasteiger partial charge < -0.3 is 20.1 Å². The molecule has 0 aliphatic carbocycles. The fraction of sp³-hybridized carbons (Fsp3) is 0.438. The van der Waals surface area contributed by atoms with E-state index in [1.807, 2.05) is 24.1 Å². The van der Waals surface area contributed by atoms with Gasteiger partial charge in [0.15, 0.2) is 6.10 Å². The summed E-state index contributed by atoms with van der Waals surface area (Å²) in [5.74, 6) is -1.84. The van der Waals surface area contributed by atoms with Gasteiger partial charge in [-0.3, -0.25) is 10.1 Å². The number of ether oxygens (including phenoxy) is 1. The molecule has 3 amide bonds. The first-order valence-corrected chi connectivity index (χ1v) is 7.65. The van der Waals surface area contributed by atoms with E-state index in [2.05, 4.69) is 5.32 Å². The van der Waals surface area contributed by atoms with E-state index in [1.165, 1.54) is 26.1 Å². The van der Waals surface area contributed by atoms with Crippen LogP contribution >= 0.6 is 0 Å². The molecule has 0 aliphatic rings. The zero-order valence-corrected chi connectivity index (χ0v) is 14.3. The minimum absolute atomic E-state index is 0.0505. The van der Waals surface area contributed by atoms with Gasteiger partial charge in [0.25, 0.3) is 5.91 Å². The first kappa shape index (κ1) is 19.3. The van der Waals surface area contributed by atoms with Gasteiger partial charge >= 0.3 is 12.0 Å². The molecular weight excluding hydrogens is 314 g/mol. The third-order valence-corrected chi connectivity index (χ3v) is 3.45. The smallest absolute Gasteiger partial charge is 0.342 e. The van der Waals surface area contributed by atoms with E-state index in [1.54, 1.807) is 6.07 Å². The number of urea groups is 1. The monoisotopic (exact) mass is 337 g/mol. The molecule has 0 aromatic heterocycles. The maximum absolute atomic E-state index is 12.1. The lowest BCUT2D eigenvalue weighted by Crippen LogP contribution is -2.43. The van der Waals surface area contributed by atoms with Crippen molar-refractivity contribution in [3.63, 3.8) is 0 Å². The molecule has 0 radical (unpaired) electrons. The standard InChI is InChI=1S/C16H23N3O5/c1-5-19(6-2)11-7-8-12(13(20)9-11)15(22)24-10(3)14(21)18-16(23)17-4/h7-10,20H,5-6H2,1-4H3,(H2,17,18,21,23)/t10-/m1/s1. The number of carbonyl (C=O) groups is 3. The van der Waals surface area contributed by atoms with Crippen molar-refractivity contribution in [1.82, 2.24) is 10.6 Å². The van der Waals surface area contributed by atoms with Crippen molar-refractivity contribution in [2.75, 3.05) is 25.0 Å². The maximum atomic E-state index is 12.1. The van der Waals surface area contributed by atoms with Crippen LogP contribution in [0.4, 0.5) is 10.5 Å². The van der Waals surface area contributed by atoms with Crippen LogP contribution in [0.3, 0.4) is 0 Å². The quantitative estimate of drug-likeness (QED) is 0.674. The van der Waals surface area contributed by atoms with Crippen LogP contribution in [0.2, 0.25) is 0 Å². The largest absolute Gasteiger partial charge is 0.507 e. The number of rotatable bonds is 6. The van der Waals surface area contributed by atoms with Crippen LogP contribution in [0.1, 0.15) is 31.1 Å². The number of hydrogen-bond acceptors (Lipinski definition) is 6. The molecule has 132 valence electrons. The molecule has 1 rings (SSSR count). The minimum atomic E-state index is -1.18. The van der Waals surface area contributed by atoms with Gasteiger partial charge in [0.1, 0.15) is 11.3 Å². The summed E-state index contributed by atoms with van der Waals surface area (Å²) in [4.78, 5) is 36.8. The lowest BCUT2D eigenvalue weighted by atomic mass is 10.1. The Morgan fingerprint density at radius 1 is 1.25 bits per heavy atom. The molecule has 1 aromatic carbocycles. The second kappa shape index (κ2) is 8.76. The van der Waals surface area contributed by atoms with Crippen molar-refractivity contribution in [2.45, 2.75) is 26.9 Å². The third-order valence-electron chi connectivity index (χ3n) is 3.45. The number of amides is 3. The first-order valence-electron chi connectivity index (χ1n) is 7.65. The number of anilines is 1. The van der Waals surface area contributed by atoms with E-state index >= 15 is 0 Å². The lowest BCUT2D eigenvalue weighted by molar-refractivity contribution is -0.127. The van der Waals surface area contributed by atoms with Gasteiger partial charge in [-0.2, -0.15) is 0 Å². The van der Waals surface area contributed by atoms with Crippen LogP contribution in [-0.4, -0.2) is 49.3 Å². The van der Waals surface area contributed by atoms with Crippen molar-refractivity contribution in [2.24, 2.45) is 0 Å². The number of phenols is 1. The van der Waals surface area contributed by atoms with Gasteiger partial charge in [0.2, 0.25) is 0 Å². The summed E-state index contributed by atoms with van der Waals surface area (Å²) in [5, 5.41) is 14.3. The molecular formula is C16H23N3O5. The number of nitrogens with one attached hydrogen (secondary N) is 2. The molecule has 0 saturated carbocycles. The average Bonchev–Trinajstić information content (AvgIpc) is 2.55. The number of benzene rings is 1. The van der Waals surface area contributed by atoms with Crippen molar-refractivity contribution in [1.29, 1.82) is 0 Å². The number of nitrogens with zero attached hydrogens (tertiary/aromatic N) is 1. The summed E-state index contributed by atoms with van der Waals surface area (Å²) in [6.45, 7) is 6.81. The van der Waals surface area contributed by atoms with Crippen LogP contribution in [-0.2, 0) is 9.53 Å². The van der Waals surface area contributed by atoms with E-state index in [-0.39, 0.29) is 11.3 Å². The molecule has 8 heteroatoms.